The summed E-state index contributed by atoms with van der Waals surface area (Å²) in [7, 11) is 1.67. The summed E-state index contributed by atoms with van der Waals surface area (Å²) in [6, 6.07) is 15.1. The number of rotatable bonds is 16. The Bertz CT molecular complexity index is 1500. The number of carbonyl (C=O) groups excluding carboxylic acids is 1. The molecule has 224 valence electrons. The lowest BCUT2D eigenvalue weighted by Gasteiger charge is -2.27. The number of carboxylic acids is 1. The van der Waals surface area contributed by atoms with Crippen molar-refractivity contribution >= 4 is 39.6 Å². The van der Waals surface area contributed by atoms with Gasteiger partial charge in [0.05, 0.1) is 24.2 Å². The van der Waals surface area contributed by atoms with E-state index in [1.807, 2.05) is 55.1 Å². The van der Waals surface area contributed by atoms with Crippen LogP contribution in [0, 0.1) is 0 Å². The van der Waals surface area contributed by atoms with Gasteiger partial charge in [0.1, 0.15) is 17.1 Å². The molecule has 0 bridgehead atoms. The van der Waals surface area contributed by atoms with Gasteiger partial charge in [0, 0.05) is 38.6 Å². The number of hydrogen-bond acceptors (Lipinski definition) is 8. The summed E-state index contributed by atoms with van der Waals surface area (Å²) in [6.07, 6.45) is 1.33. The Kier molecular flexibility index (Phi) is 10.7. The van der Waals surface area contributed by atoms with E-state index in [2.05, 4.69) is 14.5 Å². The van der Waals surface area contributed by atoms with Crippen LogP contribution in [0.15, 0.2) is 48.5 Å². The van der Waals surface area contributed by atoms with Crippen LogP contribution < -0.4 is 10.5 Å². The van der Waals surface area contributed by atoms with Crippen molar-refractivity contribution in [3.8, 4) is 5.75 Å². The van der Waals surface area contributed by atoms with Crippen LogP contribution in [0.3, 0.4) is 0 Å². The molecular weight excluding hydrogens is 536 g/mol. The van der Waals surface area contributed by atoms with Crippen molar-refractivity contribution in [2.24, 2.45) is 0 Å². The Labute approximate surface area is 245 Å². The molecule has 0 fully saturated rings. The average molecular weight is 577 g/mol. The number of nitrogens with two attached hydrogens (primary N) is 1. The average Bonchev–Trinajstić information content (AvgIpc) is 3.36. The lowest BCUT2D eigenvalue weighted by molar-refractivity contribution is -0.139. The third-order valence-electron chi connectivity index (χ3n) is 7.29. The molecule has 1 amide bonds. The standard InChI is InChI=1S/C31H40N6O5/c1-4-35(5-2)20-27(38)36(19-22-11-13-23(14-12-22)42-21-28(39)40)16-8-17-37-26(15-18-41-3)34-29-30(37)24-9-6-7-10-25(24)33-31(29)32/h6-7,9-14H,4-5,8,15-21H2,1-3H3,(H2,32,33)(H,39,40). The third-order valence-corrected chi connectivity index (χ3v) is 7.29. The number of aryl methyl sites for hydroxylation is 1. The fourth-order valence-electron chi connectivity index (χ4n) is 5.04. The number of fused-ring (bicyclic) bond motifs is 3. The second-order valence-electron chi connectivity index (χ2n) is 10.1. The molecular formula is C31H40N6O5. The number of ether oxygens (including phenoxy) is 2. The first-order valence-corrected chi connectivity index (χ1v) is 14.3. The molecule has 0 aliphatic heterocycles. The van der Waals surface area contributed by atoms with E-state index < -0.39 is 12.6 Å². The Morgan fingerprint density at radius 2 is 1.79 bits per heavy atom. The number of carbonyl (C=O) groups is 2. The van der Waals surface area contributed by atoms with Crippen LogP contribution in [0.1, 0.15) is 31.7 Å². The number of pyridine rings is 1. The van der Waals surface area contributed by atoms with Gasteiger partial charge in [-0.25, -0.2) is 14.8 Å². The number of aliphatic carboxylic acids is 1. The van der Waals surface area contributed by atoms with Crippen molar-refractivity contribution in [2.45, 2.75) is 39.8 Å². The second kappa shape index (κ2) is 14.6. The monoisotopic (exact) mass is 576 g/mol. The minimum atomic E-state index is -1.03. The molecule has 0 spiro atoms. The molecule has 0 aliphatic carbocycles. The molecule has 0 radical (unpaired) electrons. The van der Waals surface area contributed by atoms with Crippen molar-refractivity contribution < 1.29 is 24.2 Å². The smallest absolute Gasteiger partial charge is 0.341 e. The number of hydrogen-bond donors (Lipinski definition) is 2. The first-order valence-electron chi connectivity index (χ1n) is 14.3. The van der Waals surface area contributed by atoms with Gasteiger partial charge in [0.2, 0.25) is 5.91 Å². The van der Waals surface area contributed by atoms with E-state index in [9.17, 15) is 9.59 Å². The van der Waals surface area contributed by atoms with Crippen LogP contribution in [-0.2, 0) is 33.8 Å². The zero-order chi connectivity index (χ0) is 30.1. The number of anilines is 1. The fraction of sp³-hybridized carbons (Fsp3) is 0.419. The zero-order valence-corrected chi connectivity index (χ0v) is 24.6. The Morgan fingerprint density at radius 3 is 2.48 bits per heavy atom. The number of benzene rings is 2. The topological polar surface area (TPSA) is 136 Å². The Morgan fingerprint density at radius 1 is 1.05 bits per heavy atom. The number of imidazole rings is 1. The Hall–Kier alpha value is -4.22. The van der Waals surface area contributed by atoms with Gasteiger partial charge in [-0.05, 0) is 43.3 Å². The largest absolute Gasteiger partial charge is 0.482 e. The number of likely N-dealkylation sites (N-methyl/N-ethyl adjacent to an activating group) is 1. The zero-order valence-electron chi connectivity index (χ0n) is 24.6. The van der Waals surface area contributed by atoms with Crippen LogP contribution >= 0.6 is 0 Å². The minimum Gasteiger partial charge on any atom is -0.482 e. The summed E-state index contributed by atoms with van der Waals surface area (Å²) in [5.41, 5.74) is 9.71. The van der Waals surface area contributed by atoms with Gasteiger partial charge in [-0.3, -0.25) is 9.69 Å². The number of para-hydroxylation sites is 1. The first kappa shape index (κ1) is 30.7. The summed E-state index contributed by atoms with van der Waals surface area (Å²) < 4.78 is 12.8. The lowest BCUT2D eigenvalue weighted by Crippen LogP contribution is -2.40. The number of aromatic nitrogens is 3. The predicted molar refractivity (Wildman–Crippen MR) is 162 cm³/mol. The van der Waals surface area contributed by atoms with Crippen LogP contribution in [0.25, 0.3) is 21.9 Å². The predicted octanol–water partition coefficient (Wildman–Crippen LogP) is 3.58. The van der Waals surface area contributed by atoms with E-state index in [0.717, 1.165) is 40.9 Å². The van der Waals surface area contributed by atoms with Gasteiger partial charge in [-0.2, -0.15) is 0 Å². The Balaban J connectivity index is 1.57. The van der Waals surface area contributed by atoms with Gasteiger partial charge >= 0.3 is 5.97 Å². The highest BCUT2D eigenvalue weighted by Crippen LogP contribution is 2.29. The second-order valence-corrected chi connectivity index (χ2v) is 10.1. The van der Waals surface area contributed by atoms with E-state index in [4.69, 9.17) is 25.3 Å². The molecule has 0 atom stereocenters. The molecule has 42 heavy (non-hydrogen) atoms. The fourth-order valence-corrected chi connectivity index (χ4v) is 5.04. The maximum absolute atomic E-state index is 13.5. The third kappa shape index (κ3) is 7.54. The highest BCUT2D eigenvalue weighted by Gasteiger charge is 2.20. The summed E-state index contributed by atoms with van der Waals surface area (Å²) in [4.78, 5) is 37.7. The van der Waals surface area contributed by atoms with E-state index in [1.165, 1.54) is 0 Å². The molecule has 11 heteroatoms. The molecule has 2 aromatic carbocycles. The summed E-state index contributed by atoms with van der Waals surface area (Å²) in [5.74, 6) is 0.760. The van der Waals surface area contributed by atoms with E-state index in [-0.39, 0.29) is 5.91 Å². The van der Waals surface area contributed by atoms with E-state index in [0.29, 0.717) is 62.7 Å². The quantitative estimate of drug-likeness (QED) is 0.205. The molecule has 0 unspecified atom stereocenters. The number of nitrogen functional groups attached to an aromatic ring is 1. The number of methoxy groups -OCH3 is 1. The van der Waals surface area contributed by atoms with Crippen LogP contribution in [-0.4, -0.2) is 87.8 Å². The van der Waals surface area contributed by atoms with Crippen molar-refractivity contribution in [1.29, 1.82) is 0 Å². The number of nitrogens with zero attached hydrogens (tertiary/aromatic N) is 5. The van der Waals surface area contributed by atoms with Gasteiger partial charge in [-0.15, -0.1) is 0 Å². The van der Waals surface area contributed by atoms with Gasteiger partial charge in [-0.1, -0.05) is 44.2 Å². The number of amides is 1. The SMILES string of the molecule is CCN(CC)CC(=O)N(CCCn1c(CCOC)nc2c(N)nc3ccccc3c21)Cc1ccc(OCC(=O)O)cc1. The maximum Gasteiger partial charge on any atom is 0.341 e. The van der Waals surface area contributed by atoms with E-state index >= 15 is 0 Å². The van der Waals surface area contributed by atoms with Gasteiger partial charge in [0.25, 0.3) is 0 Å². The molecule has 0 saturated heterocycles. The first-order chi connectivity index (χ1) is 20.3. The van der Waals surface area contributed by atoms with Crippen LogP contribution in [0.2, 0.25) is 0 Å². The molecule has 2 heterocycles. The lowest BCUT2D eigenvalue weighted by atomic mass is 10.1. The highest BCUT2D eigenvalue weighted by molar-refractivity contribution is 6.06. The van der Waals surface area contributed by atoms with Crippen molar-refractivity contribution in [2.75, 3.05) is 52.2 Å². The normalized spacial score (nSPS) is 11.4. The molecule has 0 aliphatic rings. The summed E-state index contributed by atoms with van der Waals surface area (Å²) in [5, 5.41) is 9.85. The van der Waals surface area contributed by atoms with Crippen LogP contribution in [0.4, 0.5) is 5.82 Å². The molecule has 3 N–H and O–H groups in total. The maximum atomic E-state index is 13.5. The number of carboxylic acid groups (broad SMARTS) is 1. The summed E-state index contributed by atoms with van der Waals surface area (Å²) >= 11 is 0. The molecule has 4 aromatic rings. The van der Waals surface area contributed by atoms with Gasteiger partial charge in [0.15, 0.2) is 12.4 Å². The molecule has 2 aromatic heterocycles. The minimum absolute atomic E-state index is 0.0545. The van der Waals surface area contributed by atoms with Gasteiger partial charge < -0.3 is 29.8 Å². The highest BCUT2D eigenvalue weighted by atomic mass is 16.5. The van der Waals surface area contributed by atoms with Crippen molar-refractivity contribution in [1.82, 2.24) is 24.3 Å². The van der Waals surface area contributed by atoms with Crippen molar-refractivity contribution in [3.05, 3.63) is 59.9 Å². The molecule has 11 nitrogen and oxygen atoms in total. The van der Waals surface area contributed by atoms with Crippen LogP contribution in [0.5, 0.6) is 5.75 Å². The molecule has 4 rings (SSSR count). The van der Waals surface area contributed by atoms with E-state index in [1.54, 1.807) is 19.2 Å². The summed E-state index contributed by atoms with van der Waals surface area (Å²) in [6.45, 7) is 7.75. The molecule has 0 saturated carbocycles. The van der Waals surface area contributed by atoms with Crippen molar-refractivity contribution in [3.63, 3.8) is 0 Å².